The van der Waals surface area contributed by atoms with Gasteiger partial charge in [0.25, 0.3) is 0 Å². The van der Waals surface area contributed by atoms with Crippen LogP contribution in [0.3, 0.4) is 0 Å². The van der Waals surface area contributed by atoms with Crippen LogP contribution in [0.4, 0.5) is 11.5 Å². The minimum absolute atomic E-state index is 0.740. The Bertz CT molecular complexity index is 808. The van der Waals surface area contributed by atoms with Crippen LogP contribution in [-0.4, -0.2) is 36.3 Å². The zero-order valence-corrected chi connectivity index (χ0v) is 13.5. The van der Waals surface area contributed by atoms with Gasteiger partial charge < -0.3 is 15.0 Å². The molecule has 0 saturated carbocycles. The number of ether oxygens (including phenoxy) is 1. The SMILES string of the molecule is c1ccc2c(NCc3ccc(N4CCOCC4)cc3)ncnc2c1. The molecule has 1 N–H and O–H groups in total. The summed E-state index contributed by atoms with van der Waals surface area (Å²) in [5, 5.41) is 4.46. The highest BCUT2D eigenvalue weighted by atomic mass is 16.5. The van der Waals surface area contributed by atoms with Crippen LogP contribution in [0, 0.1) is 0 Å². The lowest BCUT2D eigenvalue weighted by Crippen LogP contribution is -2.36. The molecule has 3 aromatic rings. The molecule has 4 rings (SSSR count). The number of nitrogens with one attached hydrogen (secondary N) is 1. The summed E-state index contributed by atoms with van der Waals surface area (Å²) < 4.78 is 5.40. The molecule has 1 aliphatic heterocycles. The maximum atomic E-state index is 5.40. The summed E-state index contributed by atoms with van der Waals surface area (Å²) in [6.45, 7) is 4.29. The van der Waals surface area contributed by atoms with Gasteiger partial charge in [-0.25, -0.2) is 9.97 Å². The molecule has 0 radical (unpaired) electrons. The molecule has 24 heavy (non-hydrogen) atoms. The largest absolute Gasteiger partial charge is 0.378 e. The van der Waals surface area contributed by atoms with Gasteiger partial charge in [-0.15, -0.1) is 0 Å². The minimum Gasteiger partial charge on any atom is -0.378 e. The Labute approximate surface area is 141 Å². The summed E-state index contributed by atoms with van der Waals surface area (Å²) in [6.07, 6.45) is 1.60. The van der Waals surface area contributed by atoms with Gasteiger partial charge in [-0.3, -0.25) is 0 Å². The van der Waals surface area contributed by atoms with Crippen molar-refractivity contribution in [2.45, 2.75) is 6.54 Å². The first kappa shape index (κ1) is 14.9. The molecule has 1 saturated heterocycles. The zero-order chi connectivity index (χ0) is 16.2. The highest BCUT2D eigenvalue weighted by molar-refractivity contribution is 5.88. The topological polar surface area (TPSA) is 50.3 Å². The number of morpholine rings is 1. The predicted octanol–water partition coefficient (Wildman–Crippen LogP) is 3.08. The number of fused-ring (bicyclic) bond motifs is 1. The fourth-order valence-corrected chi connectivity index (χ4v) is 2.98. The summed E-state index contributed by atoms with van der Waals surface area (Å²) >= 11 is 0. The fraction of sp³-hybridized carbons (Fsp3) is 0.263. The van der Waals surface area contributed by atoms with E-state index < -0.39 is 0 Å². The summed E-state index contributed by atoms with van der Waals surface area (Å²) in [5.74, 6) is 0.873. The highest BCUT2D eigenvalue weighted by Crippen LogP contribution is 2.20. The Morgan fingerprint density at radius 2 is 1.75 bits per heavy atom. The fourth-order valence-electron chi connectivity index (χ4n) is 2.98. The second-order valence-electron chi connectivity index (χ2n) is 5.86. The van der Waals surface area contributed by atoms with Gasteiger partial charge in [0.15, 0.2) is 0 Å². The van der Waals surface area contributed by atoms with Crippen molar-refractivity contribution in [2.24, 2.45) is 0 Å². The van der Waals surface area contributed by atoms with Gasteiger partial charge >= 0.3 is 0 Å². The maximum Gasteiger partial charge on any atom is 0.137 e. The smallest absolute Gasteiger partial charge is 0.137 e. The molecule has 122 valence electrons. The molecular weight excluding hydrogens is 300 g/mol. The van der Waals surface area contributed by atoms with Crippen molar-refractivity contribution in [3.05, 3.63) is 60.4 Å². The van der Waals surface area contributed by atoms with Crippen LogP contribution >= 0.6 is 0 Å². The van der Waals surface area contributed by atoms with Gasteiger partial charge in [0.2, 0.25) is 0 Å². The van der Waals surface area contributed by atoms with Crippen molar-refractivity contribution in [3.8, 4) is 0 Å². The van der Waals surface area contributed by atoms with E-state index in [0.29, 0.717) is 0 Å². The lowest BCUT2D eigenvalue weighted by atomic mass is 10.2. The Morgan fingerprint density at radius 3 is 2.58 bits per heavy atom. The van der Waals surface area contributed by atoms with Gasteiger partial charge in [0.05, 0.1) is 18.7 Å². The molecule has 0 aliphatic carbocycles. The quantitative estimate of drug-likeness (QED) is 0.800. The Morgan fingerprint density at radius 1 is 0.958 bits per heavy atom. The van der Waals surface area contributed by atoms with Crippen LogP contribution in [0.15, 0.2) is 54.9 Å². The van der Waals surface area contributed by atoms with Gasteiger partial charge in [-0.1, -0.05) is 24.3 Å². The number of rotatable bonds is 4. The number of benzene rings is 2. The summed E-state index contributed by atoms with van der Waals surface area (Å²) in [6, 6.07) is 16.7. The molecule has 1 fully saturated rings. The first-order chi connectivity index (χ1) is 11.9. The van der Waals surface area contributed by atoms with E-state index in [-0.39, 0.29) is 0 Å². The van der Waals surface area contributed by atoms with Crippen LogP contribution < -0.4 is 10.2 Å². The van der Waals surface area contributed by atoms with Gasteiger partial charge in [0, 0.05) is 30.7 Å². The molecule has 2 heterocycles. The molecular formula is C19H20N4O. The summed E-state index contributed by atoms with van der Waals surface area (Å²) in [5.41, 5.74) is 3.45. The van der Waals surface area contributed by atoms with Crippen molar-refractivity contribution in [2.75, 3.05) is 36.5 Å². The van der Waals surface area contributed by atoms with Crippen LogP contribution in [-0.2, 0) is 11.3 Å². The first-order valence-corrected chi connectivity index (χ1v) is 8.25. The summed E-state index contributed by atoms with van der Waals surface area (Å²) in [4.78, 5) is 11.0. The Hall–Kier alpha value is -2.66. The molecule has 5 nitrogen and oxygen atoms in total. The number of hydrogen-bond acceptors (Lipinski definition) is 5. The molecule has 0 atom stereocenters. The molecule has 0 unspecified atom stereocenters. The molecule has 1 aromatic heterocycles. The van der Waals surface area contributed by atoms with E-state index in [4.69, 9.17) is 4.74 Å². The monoisotopic (exact) mass is 320 g/mol. The van der Waals surface area contributed by atoms with E-state index in [9.17, 15) is 0 Å². The van der Waals surface area contributed by atoms with E-state index in [0.717, 1.165) is 49.6 Å². The molecule has 1 aliphatic rings. The average molecular weight is 320 g/mol. The average Bonchev–Trinajstić information content (AvgIpc) is 2.67. The summed E-state index contributed by atoms with van der Waals surface area (Å²) in [7, 11) is 0. The number of anilines is 2. The van der Waals surface area contributed by atoms with Crippen LogP contribution in [0.25, 0.3) is 10.9 Å². The molecule has 2 aromatic carbocycles. The third-order valence-corrected chi connectivity index (χ3v) is 4.32. The third kappa shape index (κ3) is 3.16. The predicted molar refractivity (Wildman–Crippen MR) is 96.3 cm³/mol. The van der Waals surface area contributed by atoms with E-state index >= 15 is 0 Å². The van der Waals surface area contributed by atoms with Crippen LogP contribution in [0.2, 0.25) is 0 Å². The van der Waals surface area contributed by atoms with Crippen LogP contribution in [0.1, 0.15) is 5.56 Å². The number of hydrogen-bond donors (Lipinski definition) is 1. The van der Waals surface area contributed by atoms with Gasteiger partial charge in [0.1, 0.15) is 12.1 Å². The highest BCUT2D eigenvalue weighted by Gasteiger charge is 2.10. The lowest BCUT2D eigenvalue weighted by Gasteiger charge is -2.28. The lowest BCUT2D eigenvalue weighted by molar-refractivity contribution is 0.122. The second-order valence-corrected chi connectivity index (χ2v) is 5.86. The molecule has 0 amide bonds. The van der Waals surface area contributed by atoms with E-state index in [1.807, 2.05) is 24.3 Å². The van der Waals surface area contributed by atoms with Gasteiger partial charge in [-0.2, -0.15) is 0 Å². The number of aromatic nitrogens is 2. The normalized spacial score (nSPS) is 14.8. The number of para-hydroxylation sites is 1. The van der Waals surface area contributed by atoms with Crippen LogP contribution in [0.5, 0.6) is 0 Å². The van der Waals surface area contributed by atoms with E-state index in [1.165, 1.54) is 11.3 Å². The zero-order valence-electron chi connectivity index (χ0n) is 13.5. The second kappa shape index (κ2) is 6.84. The maximum absolute atomic E-state index is 5.40. The minimum atomic E-state index is 0.740. The molecule has 0 spiro atoms. The van der Waals surface area contributed by atoms with E-state index in [2.05, 4.69) is 44.5 Å². The van der Waals surface area contributed by atoms with Crippen molar-refractivity contribution < 1.29 is 4.74 Å². The van der Waals surface area contributed by atoms with Crippen molar-refractivity contribution in [1.29, 1.82) is 0 Å². The standard InChI is InChI=1S/C19H20N4O/c1-2-4-18-17(3-1)19(22-14-21-18)20-13-15-5-7-16(8-6-15)23-9-11-24-12-10-23/h1-8,14H,9-13H2,(H,20,21,22). The Kier molecular flexibility index (Phi) is 4.25. The first-order valence-electron chi connectivity index (χ1n) is 8.25. The van der Waals surface area contributed by atoms with Crippen molar-refractivity contribution in [1.82, 2.24) is 9.97 Å². The number of nitrogens with zero attached hydrogens (tertiary/aromatic N) is 3. The van der Waals surface area contributed by atoms with Crippen molar-refractivity contribution >= 4 is 22.4 Å². The van der Waals surface area contributed by atoms with E-state index in [1.54, 1.807) is 6.33 Å². The molecule has 0 bridgehead atoms. The Balaban J connectivity index is 1.45. The van der Waals surface area contributed by atoms with Gasteiger partial charge in [-0.05, 0) is 29.8 Å². The van der Waals surface area contributed by atoms with Crippen molar-refractivity contribution in [3.63, 3.8) is 0 Å². The molecule has 5 heteroatoms. The third-order valence-electron chi connectivity index (χ3n) is 4.32.